The average Bonchev–Trinajstić information content (AvgIpc) is 3.02. The van der Waals surface area contributed by atoms with Crippen molar-refractivity contribution in [3.8, 4) is 0 Å². The molecule has 0 aliphatic carbocycles. The zero-order chi connectivity index (χ0) is 18.5. The summed E-state index contributed by atoms with van der Waals surface area (Å²) >= 11 is 5.61. The van der Waals surface area contributed by atoms with Crippen LogP contribution in [0.25, 0.3) is 0 Å². The number of hydrogen-bond acceptors (Lipinski definition) is 3. The van der Waals surface area contributed by atoms with Crippen LogP contribution in [0.15, 0.2) is 30.5 Å². The molecule has 5 nitrogen and oxygen atoms in total. The van der Waals surface area contributed by atoms with Gasteiger partial charge in [-0.2, -0.15) is 5.10 Å². The zero-order valence-corrected chi connectivity index (χ0v) is 16.9. The maximum Gasteiger partial charge on any atom is 0.169 e. The van der Waals surface area contributed by atoms with Crippen LogP contribution in [0, 0.1) is 13.8 Å². The van der Waals surface area contributed by atoms with E-state index in [1.807, 2.05) is 4.68 Å². The maximum absolute atomic E-state index is 5.61. The molecule has 1 saturated heterocycles. The number of piperazine rings is 1. The Morgan fingerprint density at radius 1 is 1.12 bits per heavy atom. The third-order valence-electron chi connectivity index (χ3n) is 5.12. The Labute approximate surface area is 162 Å². The summed E-state index contributed by atoms with van der Waals surface area (Å²) < 4.78 is 1.97. The quantitative estimate of drug-likeness (QED) is 0.818. The molecule has 0 saturated carbocycles. The van der Waals surface area contributed by atoms with E-state index < -0.39 is 0 Å². The van der Waals surface area contributed by atoms with Crippen molar-refractivity contribution >= 4 is 17.3 Å². The Morgan fingerprint density at radius 3 is 2.50 bits per heavy atom. The molecule has 1 N–H and O–H groups in total. The Bertz CT molecular complexity index is 746. The van der Waals surface area contributed by atoms with Crippen LogP contribution in [0.4, 0.5) is 0 Å². The largest absolute Gasteiger partial charge is 0.358 e. The minimum absolute atomic E-state index is 0.744. The number of rotatable bonds is 5. The number of aryl methyl sites for hydroxylation is 3. The first-order valence-electron chi connectivity index (χ1n) is 9.39. The van der Waals surface area contributed by atoms with Gasteiger partial charge in [0.15, 0.2) is 5.11 Å². The van der Waals surface area contributed by atoms with Crippen LogP contribution in [-0.2, 0) is 19.6 Å². The van der Waals surface area contributed by atoms with Crippen LogP contribution in [0.2, 0.25) is 0 Å². The van der Waals surface area contributed by atoms with Crippen molar-refractivity contribution in [1.82, 2.24) is 24.9 Å². The first-order chi connectivity index (χ1) is 12.6. The first kappa shape index (κ1) is 18.9. The van der Waals surface area contributed by atoms with E-state index in [-0.39, 0.29) is 0 Å². The summed E-state index contributed by atoms with van der Waals surface area (Å²) in [5.41, 5.74) is 5.08. The lowest BCUT2D eigenvalue weighted by atomic mass is 10.1. The Hall–Kier alpha value is -1.92. The van der Waals surface area contributed by atoms with Gasteiger partial charge in [0.2, 0.25) is 0 Å². The number of aromatic nitrogens is 2. The second kappa shape index (κ2) is 8.64. The lowest BCUT2D eigenvalue weighted by molar-refractivity contribution is 0.174. The Morgan fingerprint density at radius 2 is 1.85 bits per heavy atom. The van der Waals surface area contributed by atoms with E-state index in [2.05, 4.69) is 71.4 Å². The predicted molar refractivity (Wildman–Crippen MR) is 110 cm³/mol. The van der Waals surface area contributed by atoms with Crippen LogP contribution >= 0.6 is 12.2 Å². The SMILES string of the molecule is CCn1cc(CNC(=S)N2CCN(Cc3ccccc3C)CC2)c(C)n1. The Kier molecular flexibility index (Phi) is 6.27. The highest BCUT2D eigenvalue weighted by atomic mass is 32.1. The van der Waals surface area contributed by atoms with Crippen LogP contribution < -0.4 is 5.32 Å². The number of nitrogens with zero attached hydrogens (tertiary/aromatic N) is 4. The Balaban J connectivity index is 1.46. The third-order valence-corrected chi connectivity index (χ3v) is 5.52. The highest BCUT2D eigenvalue weighted by Gasteiger charge is 2.19. The highest BCUT2D eigenvalue weighted by molar-refractivity contribution is 7.80. The fourth-order valence-electron chi connectivity index (χ4n) is 3.31. The van der Waals surface area contributed by atoms with Gasteiger partial charge < -0.3 is 10.2 Å². The molecule has 2 heterocycles. The van der Waals surface area contributed by atoms with E-state index in [0.717, 1.165) is 56.6 Å². The van der Waals surface area contributed by atoms with Gasteiger partial charge in [-0.15, -0.1) is 0 Å². The van der Waals surface area contributed by atoms with Gasteiger partial charge in [-0.1, -0.05) is 24.3 Å². The third kappa shape index (κ3) is 4.62. The summed E-state index contributed by atoms with van der Waals surface area (Å²) in [6.45, 7) is 13.1. The van der Waals surface area contributed by atoms with Crippen LogP contribution in [0.3, 0.4) is 0 Å². The number of nitrogens with one attached hydrogen (secondary N) is 1. The number of benzene rings is 1. The van der Waals surface area contributed by atoms with Crippen molar-refractivity contribution in [3.63, 3.8) is 0 Å². The topological polar surface area (TPSA) is 36.3 Å². The van der Waals surface area contributed by atoms with Crippen LogP contribution in [0.5, 0.6) is 0 Å². The van der Waals surface area contributed by atoms with Crippen LogP contribution in [0.1, 0.15) is 29.3 Å². The van der Waals surface area contributed by atoms with Crippen molar-refractivity contribution in [3.05, 3.63) is 52.8 Å². The average molecular weight is 372 g/mol. The first-order valence-corrected chi connectivity index (χ1v) is 9.80. The zero-order valence-electron chi connectivity index (χ0n) is 16.0. The number of hydrogen-bond donors (Lipinski definition) is 1. The summed E-state index contributed by atoms with van der Waals surface area (Å²) in [4.78, 5) is 4.79. The van der Waals surface area contributed by atoms with E-state index in [0.29, 0.717) is 0 Å². The van der Waals surface area contributed by atoms with E-state index in [1.54, 1.807) is 0 Å². The molecule has 26 heavy (non-hydrogen) atoms. The molecule has 1 aliphatic heterocycles. The van der Waals surface area contributed by atoms with E-state index in [9.17, 15) is 0 Å². The molecule has 1 fully saturated rings. The fraction of sp³-hybridized carbons (Fsp3) is 0.500. The van der Waals surface area contributed by atoms with Gasteiger partial charge in [0.1, 0.15) is 0 Å². The van der Waals surface area contributed by atoms with Crippen molar-refractivity contribution in [2.45, 2.75) is 40.4 Å². The van der Waals surface area contributed by atoms with Gasteiger partial charge in [0, 0.05) is 57.6 Å². The van der Waals surface area contributed by atoms with Gasteiger partial charge in [-0.05, 0) is 44.1 Å². The van der Waals surface area contributed by atoms with E-state index >= 15 is 0 Å². The summed E-state index contributed by atoms with van der Waals surface area (Å²) in [7, 11) is 0. The van der Waals surface area contributed by atoms with E-state index in [4.69, 9.17) is 12.2 Å². The normalized spacial score (nSPS) is 15.3. The fourth-order valence-corrected chi connectivity index (χ4v) is 3.57. The smallest absolute Gasteiger partial charge is 0.169 e. The van der Waals surface area contributed by atoms with Crippen LogP contribution in [-0.4, -0.2) is 50.9 Å². The second-order valence-electron chi connectivity index (χ2n) is 6.94. The second-order valence-corrected chi connectivity index (χ2v) is 7.33. The van der Waals surface area contributed by atoms with E-state index in [1.165, 1.54) is 16.7 Å². The van der Waals surface area contributed by atoms with Crippen molar-refractivity contribution in [2.24, 2.45) is 0 Å². The molecule has 1 aliphatic rings. The molecule has 2 aromatic rings. The molecule has 0 spiro atoms. The summed E-state index contributed by atoms with van der Waals surface area (Å²) in [6.07, 6.45) is 2.10. The van der Waals surface area contributed by atoms with Gasteiger partial charge in [0.05, 0.1) is 5.69 Å². The highest BCUT2D eigenvalue weighted by Crippen LogP contribution is 2.13. The molecule has 140 valence electrons. The molecule has 3 rings (SSSR count). The standard InChI is InChI=1S/C20H29N5S/c1-4-25-15-19(17(3)22-25)13-21-20(26)24-11-9-23(10-12-24)14-18-8-6-5-7-16(18)2/h5-8,15H,4,9-14H2,1-3H3,(H,21,26). The lowest BCUT2D eigenvalue weighted by Crippen LogP contribution is -2.51. The molecular formula is C20H29N5S. The van der Waals surface area contributed by atoms with Gasteiger partial charge >= 0.3 is 0 Å². The van der Waals surface area contributed by atoms with Gasteiger partial charge in [0.25, 0.3) is 0 Å². The molecule has 0 atom stereocenters. The molecule has 1 aromatic carbocycles. The van der Waals surface area contributed by atoms with Gasteiger partial charge in [-0.3, -0.25) is 9.58 Å². The maximum atomic E-state index is 5.61. The molecule has 1 aromatic heterocycles. The monoisotopic (exact) mass is 371 g/mol. The summed E-state index contributed by atoms with van der Waals surface area (Å²) in [5, 5.41) is 8.75. The lowest BCUT2D eigenvalue weighted by Gasteiger charge is -2.36. The summed E-state index contributed by atoms with van der Waals surface area (Å²) in [5.74, 6) is 0. The molecule has 0 bridgehead atoms. The minimum Gasteiger partial charge on any atom is -0.358 e. The molecule has 0 unspecified atom stereocenters. The molecular weight excluding hydrogens is 342 g/mol. The molecule has 6 heteroatoms. The predicted octanol–water partition coefficient (Wildman–Crippen LogP) is 2.71. The number of thiocarbonyl (C=S) groups is 1. The van der Waals surface area contributed by atoms with Gasteiger partial charge in [-0.25, -0.2) is 0 Å². The van der Waals surface area contributed by atoms with Crippen molar-refractivity contribution < 1.29 is 0 Å². The summed E-state index contributed by atoms with van der Waals surface area (Å²) in [6, 6.07) is 8.65. The molecule has 0 amide bonds. The van der Waals surface area contributed by atoms with Crippen molar-refractivity contribution in [1.29, 1.82) is 0 Å². The van der Waals surface area contributed by atoms with Crippen molar-refractivity contribution in [2.75, 3.05) is 26.2 Å². The minimum atomic E-state index is 0.744. The molecule has 0 radical (unpaired) electrons.